The Morgan fingerprint density at radius 1 is 1.06 bits per heavy atom. The first-order valence-electron chi connectivity index (χ1n) is 4.92. The molecule has 0 amide bonds. The van der Waals surface area contributed by atoms with E-state index in [2.05, 4.69) is 9.97 Å². The third-order valence-corrected chi connectivity index (χ3v) is 2.50. The fourth-order valence-corrected chi connectivity index (χ4v) is 1.50. The summed E-state index contributed by atoms with van der Waals surface area (Å²) in [7, 11) is 3.90. The van der Waals surface area contributed by atoms with E-state index in [-0.39, 0.29) is 0 Å². The van der Waals surface area contributed by atoms with Crippen molar-refractivity contribution >= 4 is 17.4 Å². The first kappa shape index (κ1) is 10.9. The van der Waals surface area contributed by atoms with Crippen molar-refractivity contribution < 1.29 is 0 Å². The number of anilines is 1. The van der Waals surface area contributed by atoms with Gasteiger partial charge < -0.3 is 4.90 Å². The van der Waals surface area contributed by atoms with Crippen LogP contribution in [0.2, 0.25) is 5.02 Å². The number of aromatic nitrogens is 2. The molecule has 0 bridgehead atoms. The molecular weight excluding hydrogens is 222 g/mol. The monoisotopic (exact) mass is 233 g/mol. The van der Waals surface area contributed by atoms with Crippen molar-refractivity contribution in [2.24, 2.45) is 0 Å². The molecule has 0 aliphatic carbocycles. The van der Waals surface area contributed by atoms with Crippen LogP contribution < -0.4 is 4.90 Å². The Morgan fingerprint density at radius 2 is 1.75 bits per heavy atom. The molecule has 1 heterocycles. The molecule has 0 radical (unpaired) electrons. The summed E-state index contributed by atoms with van der Waals surface area (Å²) in [6.45, 7) is 0. The summed E-state index contributed by atoms with van der Waals surface area (Å²) >= 11 is 5.84. The highest BCUT2D eigenvalue weighted by atomic mass is 35.5. The third kappa shape index (κ3) is 2.31. The number of benzene rings is 1. The van der Waals surface area contributed by atoms with Gasteiger partial charge in [0.15, 0.2) is 0 Å². The van der Waals surface area contributed by atoms with E-state index >= 15 is 0 Å². The van der Waals surface area contributed by atoms with Crippen molar-refractivity contribution in [1.29, 1.82) is 0 Å². The molecule has 16 heavy (non-hydrogen) atoms. The highest BCUT2D eigenvalue weighted by Crippen LogP contribution is 2.21. The Bertz CT molecular complexity index is 480. The van der Waals surface area contributed by atoms with E-state index in [1.807, 2.05) is 49.3 Å². The molecule has 1 aromatic heterocycles. The summed E-state index contributed by atoms with van der Waals surface area (Å²) < 4.78 is 0. The third-order valence-electron chi connectivity index (χ3n) is 2.25. The van der Waals surface area contributed by atoms with Crippen LogP contribution in [0.3, 0.4) is 0 Å². The van der Waals surface area contributed by atoms with Crippen LogP contribution in [0.4, 0.5) is 5.82 Å². The van der Waals surface area contributed by atoms with Crippen molar-refractivity contribution in [3.05, 3.63) is 41.7 Å². The SMILES string of the molecule is CN(C)c1cc(-c2ccc(Cl)cc2)ncn1. The molecule has 0 saturated heterocycles. The number of rotatable bonds is 2. The summed E-state index contributed by atoms with van der Waals surface area (Å²) in [4.78, 5) is 10.4. The smallest absolute Gasteiger partial charge is 0.132 e. The maximum absolute atomic E-state index is 5.84. The van der Waals surface area contributed by atoms with E-state index in [1.165, 1.54) is 0 Å². The van der Waals surface area contributed by atoms with Gasteiger partial charge in [-0.2, -0.15) is 0 Å². The summed E-state index contributed by atoms with van der Waals surface area (Å²) in [6, 6.07) is 9.56. The maximum Gasteiger partial charge on any atom is 0.132 e. The number of halogens is 1. The van der Waals surface area contributed by atoms with Crippen LogP contribution in [-0.4, -0.2) is 24.1 Å². The Labute approximate surface area is 99.7 Å². The van der Waals surface area contributed by atoms with Crippen molar-refractivity contribution in [1.82, 2.24) is 9.97 Å². The van der Waals surface area contributed by atoms with Gasteiger partial charge in [0.2, 0.25) is 0 Å². The standard InChI is InChI=1S/C12H12ClN3/c1-16(2)12-7-11(14-8-15-12)9-3-5-10(13)6-4-9/h3-8H,1-2H3. The predicted molar refractivity (Wildman–Crippen MR) is 66.8 cm³/mol. The lowest BCUT2D eigenvalue weighted by Gasteiger charge is -2.11. The lowest BCUT2D eigenvalue weighted by Crippen LogP contribution is -2.10. The molecular formula is C12H12ClN3. The van der Waals surface area contributed by atoms with Gasteiger partial charge >= 0.3 is 0 Å². The fourth-order valence-electron chi connectivity index (χ4n) is 1.37. The van der Waals surface area contributed by atoms with Gasteiger partial charge in [0.05, 0.1) is 5.69 Å². The largest absolute Gasteiger partial charge is 0.363 e. The lowest BCUT2D eigenvalue weighted by atomic mass is 10.1. The first-order valence-corrected chi connectivity index (χ1v) is 5.30. The summed E-state index contributed by atoms with van der Waals surface area (Å²) in [6.07, 6.45) is 1.57. The molecule has 1 aromatic carbocycles. The second kappa shape index (κ2) is 4.49. The molecule has 2 rings (SSSR count). The molecule has 0 fully saturated rings. The minimum Gasteiger partial charge on any atom is -0.363 e. The van der Waals surface area contributed by atoms with Crippen LogP contribution >= 0.6 is 11.6 Å². The summed E-state index contributed by atoms with van der Waals surface area (Å²) in [5.74, 6) is 0.889. The minimum atomic E-state index is 0.727. The van der Waals surface area contributed by atoms with Gasteiger partial charge in [-0.3, -0.25) is 0 Å². The van der Waals surface area contributed by atoms with E-state index in [4.69, 9.17) is 11.6 Å². The van der Waals surface area contributed by atoms with Gasteiger partial charge in [0.1, 0.15) is 12.1 Å². The van der Waals surface area contributed by atoms with Crippen LogP contribution in [-0.2, 0) is 0 Å². The minimum absolute atomic E-state index is 0.727. The Hall–Kier alpha value is -1.61. The molecule has 4 heteroatoms. The molecule has 0 atom stereocenters. The molecule has 0 aliphatic heterocycles. The van der Waals surface area contributed by atoms with Gasteiger partial charge in [-0.05, 0) is 12.1 Å². The Balaban J connectivity index is 2.40. The zero-order chi connectivity index (χ0) is 11.5. The van der Waals surface area contributed by atoms with E-state index in [0.717, 1.165) is 22.1 Å². The van der Waals surface area contributed by atoms with Crippen molar-refractivity contribution in [3.8, 4) is 11.3 Å². The molecule has 0 aliphatic rings. The number of hydrogen-bond acceptors (Lipinski definition) is 3. The van der Waals surface area contributed by atoms with Crippen molar-refractivity contribution in [2.75, 3.05) is 19.0 Å². The Kier molecular flexibility index (Phi) is 3.06. The number of hydrogen-bond donors (Lipinski definition) is 0. The molecule has 0 spiro atoms. The first-order chi connectivity index (χ1) is 7.66. The fraction of sp³-hybridized carbons (Fsp3) is 0.167. The molecule has 0 N–H and O–H groups in total. The highest BCUT2D eigenvalue weighted by Gasteiger charge is 2.02. The lowest BCUT2D eigenvalue weighted by molar-refractivity contribution is 1.04. The molecule has 0 unspecified atom stereocenters. The van der Waals surface area contributed by atoms with Gasteiger partial charge in [0.25, 0.3) is 0 Å². The van der Waals surface area contributed by atoms with Crippen LogP contribution in [0.25, 0.3) is 11.3 Å². The van der Waals surface area contributed by atoms with Crippen LogP contribution in [0.5, 0.6) is 0 Å². The van der Waals surface area contributed by atoms with Gasteiger partial charge in [-0.15, -0.1) is 0 Å². The van der Waals surface area contributed by atoms with E-state index < -0.39 is 0 Å². The topological polar surface area (TPSA) is 29.0 Å². The van der Waals surface area contributed by atoms with Gasteiger partial charge in [-0.1, -0.05) is 23.7 Å². The normalized spacial score (nSPS) is 10.2. The van der Waals surface area contributed by atoms with Crippen LogP contribution in [0, 0.1) is 0 Å². The predicted octanol–water partition coefficient (Wildman–Crippen LogP) is 2.86. The molecule has 82 valence electrons. The summed E-state index contributed by atoms with van der Waals surface area (Å²) in [5, 5.41) is 0.727. The van der Waals surface area contributed by atoms with Crippen molar-refractivity contribution in [2.45, 2.75) is 0 Å². The van der Waals surface area contributed by atoms with E-state index in [9.17, 15) is 0 Å². The maximum atomic E-state index is 5.84. The van der Waals surface area contributed by atoms with E-state index in [0.29, 0.717) is 0 Å². The zero-order valence-corrected chi connectivity index (χ0v) is 9.94. The zero-order valence-electron chi connectivity index (χ0n) is 9.18. The van der Waals surface area contributed by atoms with Crippen LogP contribution in [0.1, 0.15) is 0 Å². The second-order valence-corrected chi connectivity index (χ2v) is 4.10. The molecule has 3 nitrogen and oxygen atoms in total. The quantitative estimate of drug-likeness (QED) is 0.799. The highest BCUT2D eigenvalue weighted by molar-refractivity contribution is 6.30. The average molecular weight is 234 g/mol. The molecule has 2 aromatic rings. The van der Waals surface area contributed by atoms with Crippen LogP contribution in [0.15, 0.2) is 36.7 Å². The van der Waals surface area contributed by atoms with Gasteiger partial charge in [0, 0.05) is 30.7 Å². The van der Waals surface area contributed by atoms with Crippen molar-refractivity contribution in [3.63, 3.8) is 0 Å². The van der Waals surface area contributed by atoms with Gasteiger partial charge in [-0.25, -0.2) is 9.97 Å². The average Bonchev–Trinajstić information content (AvgIpc) is 2.30. The number of nitrogens with zero attached hydrogens (tertiary/aromatic N) is 3. The Morgan fingerprint density at radius 3 is 2.38 bits per heavy atom. The van der Waals surface area contributed by atoms with E-state index in [1.54, 1.807) is 6.33 Å². The second-order valence-electron chi connectivity index (χ2n) is 3.66. The summed E-state index contributed by atoms with van der Waals surface area (Å²) in [5.41, 5.74) is 1.94. The molecule has 0 saturated carbocycles.